The molecule has 0 bridgehead atoms. The summed E-state index contributed by atoms with van der Waals surface area (Å²) in [6.45, 7) is 8.24. The Kier molecular flexibility index (Phi) is 8.78. The predicted molar refractivity (Wildman–Crippen MR) is 140 cm³/mol. The van der Waals surface area contributed by atoms with E-state index >= 15 is 0 Å². The number of thiazole rings is 1. The molecule has 3 heterocycles. The first-order valence-electron chi connectivity index (χ1n) is 11.7. The van der Waals surface area contributed by atoms with Gasteiger partial charge >= 0.3 is 0 Å². The van der Waals surface area contributed by atoms with Crippen LogP contribution >= 0.6 is 11.3 Å². The Balaban J connectivity index is 0.00000167. The number of anilines is 1. The van der Waals surface area contributed by atoms with E-state index in [0.717, 1.165) is 15.8 Å². The van der Waals surface area contributed by atoms with Gasteiger partial charge in [-0.3, -0.25) is 14.0 Å². The molecule has 0 saturated carbocycles. The Bertz CT molecular complexity index is 1310. The van der Waals surface area contributed by atoms with Crippen LogP contribution in [0.1, 0.15) is 60.5 Å². The van der Waals surface area contributed by atoms with Crippen LogP contribution in [-0.2, 0) is 6.54 Å². The van der Waals surface area contributed by atoms with Crippen molar-refractivity contribution >= 4 is 44.1 Å². The molecule has 5 N–H and O–H groups in total. The zero-order valence-electron chi connectivity index (χ0n) is 20.4. The highest BCUT2D eigenvalue weighted by Gasteiger charge is 2.20. The standard InChI is InChI=1S/C23H26N6O3S.C2H6/c1-13(2)8-15(12-30)27-22(32)18-11-25-20-16(4-3-7-29(18)20)21(31)26-10-14-5-6-17-19(9-14)33-23(24)28-17;1-2/h3-7,9,11,13,15,30H,8,10,12H2,1-2H3,(H2,24,28)(H,26,31)(H,27,32);1-2H3/t15-;/m0./s1. The summed E-state index contributed by atoms with van der Waals surface area (Å²) in [6, 6.07) is 8.75. The Morgan fingerprint density at radius 1 is 1.20 bits per heavy atom. The molecule has 2 amide bonds. The lowest BCUT2D eigenvalue weighted by molar-refractivity contribution is 0.0900. The van der Waals surface area contributed by atoms with E-state index in [-0.39, 0.29) is 24.5 Å². The van der Waals surface area contributed by atoms with Crippen LogP contribution in [0.2, 0.25) is 0 Å². The normalized spacial score (nSPS) is 11.8. The van der Waals surface area contributed by atoms with Gasteiger partial charge < -0.3 is 21.5 Å². The maximum atomic E-state index is 12.9. The van der Waals surface area contributed by atoms with Gasteiger partial charge in [-0.05, 0) is 42.2 Å². The first kappa shape index (κ1) is 26.1. The van der Waals surface area contributed by atoms with E-state index in [2.05, 4.69) is 20.6 Å². The fourth-order valence-electron chi connectivity index (χ4n) is 3.74. The molecule has 1 aromatic carbocycles. The molecule has 4 rings (SSSR count). The zero-order chi connectivity index (χ0) is 25.5. The summed E-state index contributed by atoms with van der Waals surface area (Å²) in [5, 5.41) is 15.8. The van der Waals surface area contributed by atoms with E-state index in [1.54, 1.807) is 22.7 Å². The van der Waals surface area contributed by atoms with Gasteiger partial charge in [0.05, 0.1) is 34.6 Å². The molecule has 186 valence electrons. The van der Waals surface area contributed by atoms with Crippen LogP contribution in [0.5, 0.6) is 0 Å². The molecule has 1 atom stereocenters. The number of aliphatic hydroxyl groups excluding tert-OH is 1. The third-order valence-electron chi connectivity index (χ3n) is 5.25. The topological polar surface area (TPSA) is 135 Å². The van der Waals surface area contributed by atoms with Gasteiger partial charge in [-0.25, -0.2) is 9.97 Å². The Morgan fingerprint density at radius 3 is 2.69 bits per heavy atom. The van der Waals surface area contributed by atoms with E-state index < -0.39 is 0 Å². The van der Waals surface area contributed by atoms with Gasteiger partial charge in [0.1, 0.15) is 11.3 Å². The fourth-order valence-corrected chi connectivity index (χ4v) is 4.54. The molecule has 35 heavy (non-hydrogen) atoms. The van der Waals surface area contributed by atoms with Crippen LogP contribution in [0.25, 0.3) is 15.9 Å². The molecule has 0 radical (unpaired) electrons. The number of nitrogens with one attached hydrogen (secondary N) is 2. The van der Waals surface area contributed by atoms with Crippen molar-refractivity contribution in [3.05, 3.63) is 59.5 Å². The zero-order valence-corrected chi connectivity index (χ0v) is 21.2. The van der Waals surface area contributed by atoms with Gasteiger partial charge in [-0.2, -0.15) is 0 Å². The molecular formula is C25H32N6O3S. The average molecular weight is 497 g/mol. The molecule has 0 aliphatic heterocycles. The monoisotopic (exact) mass is 496 g/mol. The highest BCUT2D eigenvalue weighted by molar-refractivity contribution is 7.22. The van der Waals surface area contributed by atoms with Crippen LogP contribution in [-0.4, -0.2) is 43.9 Å². The second kappa shape index (κ2) is 11.8. The number of amides is 2. The molecule has 10 heteroatoms. The van der Waals surface area contributed by atoms with Gasteiger partial charge in [-0.15, -0.1) is 0 Å². The number of pyridine rings is 1. The van der Waals surface area contributed by atoms with Crippen molar-refractivity contribution in [3.63, 3.8) is 0 Å². The van der Waals surface area contributed by atoms with Crippen LogP contribution in [0.15, 0.2) is 42.7 Å². The SMILES string of the molecule is CC.CC(C)C[C@@H](CO)NC(=O)c1cnc2c(C(=O)NCc3ccc4nc(N)sc4c3)cccn12. The number of rotatable bonds is 8. The largest absolute Gasteiger partial charge is 0.394 e. The Morgan fingerprint density at radius 2 is 1.97 bits per heavy atom. The maximum absolute atomic E-state index is 12.9. The predicted octanol–water partition coefficient (Wildman–Crippen LogP) is 3.62. The van der Waals surface area contributed by atoms with Crippen LogP contribution in [0, 0.1) is 5.92 Å². The van der Waals surface area contributed by atoms with Crippen LogP contribution in [0.3, 0.4) is 0 Å². The molecule has 0 fully saturated rings. The number of carbonyl (C=O) groups excluding carboxylic acids is 2. The lowest BCUT2D eigenvalue weighted by atomic mass is 10.0. The molecule has 4 aromatic rings. The van der Waals surface area contributed by atoms with Crippen molar-refractivity contribution in [2.75, 3.05) is 12.3 Å². The second-order valence-electron chi connectivity index (χ2n) is 8.28. The van der Waals surface area contributed by atoms with Gasteiger partial charge in [0.2, 0.25) is 0 Å². The van der Waals surface area contributed by atoms with Gasteiger partial charge in [0.15, 0.2) is 5.13 Å². The third kappa shape index (κ3) is 6.14. The quantitative estimate of drug-likeness (QED) is 0.294. The highest BCUT2D eigenvalue weighted by Crippen LogP contribution is 2.24. The lowest BCUT2D eigenvalue weighted by Crippen LogP contribution is -2.38. The number of hydrogen-bond donors (Lipinski definition) is 4. The minimum absolute atomic E-state index is 0.145. The first-order chi connectivity index (χ1) is 16.9. The number of nitrogens with zero attached hydrogens (tertiary/aromatic N) is 3. The fraction of sp³-hybridized carbons (Fsp3) is 0.360. The highest BCUT2D eigenvalue weighted by atomic mass is 32.1. The number of hydrogen-bond acceptors (Lipinski definition) is 7. The lowest BCUT2D eigenvalue weighted by Gasteiger charge is -2.18. The summed E-state index contributed by atoms with van der Waals surface area (Å²) < 4.78 is 2.55. The molecule has 3 aromatic heterocycles. The number of nitrogens with two attached hydrogens (primary N) is 1. The van der Waals surface area contributed by atoms with Crippen molar-refractivity contribution in [1.29, 1.82) is 0 Å². The number of aliphatic hydroxyl groups is 1. The number of fused-ring (bicyclic) bond motifs is 2. The van der Waals surface area contributed by atoms with Crippen molar-refractivity contribution in [3.8, 4) is 0 Å². The van der Waals surface area contributed by atoms with Crippen molar-refractivity contribution in [2.24, 2.45) is 5.92 Å². The van der Waals surface area contributed by atoms with E-state index in [9.17, 15) is 14.7 Å². The number of carbonyl (C=O) groups is 2. The number of imidazole rings is 1. The molecule has 0 aliphatic rings. The van der Waals surface area contributed by atoms with E-state index in [1.807, 2.05) is 45.9 Å². The van der Waals surface area contributed by atoms with Gasteiger partial charge in [0, 0.05) is 12.7 Å². The molecular weight excluding hydrogens is 464 g/mol. The van der Waals surface area contributed by atoms with E-state index in [1.165, 1.54) is 17.5 Å². The molecule has 0 aliphatic carbocycles. The Hall–Kier alpha value is -3.50. The van der Waals surface area contributed by atoms with E-state index in [4.69, 9.17) is 5.73 Å². The average Bonchev–Trinajstić information content (AvgIpc) is 3.45. The third-order valence-corrected chi connectivity index (χ3v) is 6.09. The number of nitrogen functional groups attached to an aromatic ring is 1. The summed E-state index contributed by atoms with van der Waals surface area (Å²) in [5.74, 6) is -0.318. The summed E-state index contributed by atoms with van der Waals surface area (Å²) in [4.78, 5) is 34.2. The number of aromatic nitrogens is 3. The molecule has 0 spiro atoms. The second-order valence-corrected chi connectivity index (χ2v) is 9.34. The smallest absolute Gasteiger partial charge is 0.270 e. The van der Waals surface area contributed by atoms with Crippen molar-refractivity contribution < 1.29 is 14.7 Å². The van der Waals surface area contributed by atoms with Crippen molar-refractivity contribution in [1.82, 2.24) is 25.0 Å². The van der Waals surface area contributed by atoms with Gasteiger partial charge in [-0.1, -0.05) is 45.1 Å². The summed E-state index contributed by atoms with van der Waals surface area (Å²) in [6.07, 6.45) is 3.78. The Labute approximate surface area is 208 Å². The first-order valence-corrected chi connectivity index (χ1v) is 12.5. The summed E-state index contributed by atoms with van der Waals surface area (Å²) in [7, 11) is 0. The molecule has 0 saturated heterocycles. The molecule has 9 nitrogen and oxygen atoms in total. The summed E-state index contributed by atoms with van der Waals surface area (Å²) >= 11 is 1.40. The van der Waals surface area contributed by atoms with Crippen LogP contribution in [0.4, 0.5) is 5.13 Å². The minimum atomic E-state index is -0.350. The molecule has 0 unspecified atom stereocenters. The summed E-state index contributed by atoms with van der Waals surface area (Å²) in [5.41, 5.74) is 8.56. The van der Waals surface area contributed by atoms with Crippen molar-refractivity contribution in [2.45, 2.75) is 46.7 Å². The van der Waals surface area contributed by atoms with E-state index in [0.29, 0.717) is 40.9 Å². The minimum Gasteiger partial charge on any atom is -0.394 e. The maximum Gasteiger partial charge on any atom is 0.270 e. The van der Waals surface area contributed by atoms with Crippen LogP contribution < -0.4 is 16.4 Å². The van der Waals surface area contributed by atoms with Gasteiger partial charge in [0.25, 0.3) is 11.8 Å². The number of benzene rings is 1.